The highest BCUT2D eigenvalue weighted by atomic mass is 16.5. The first-order chi connectivity index (χ1) is 22.4. The van der Waals surface area contributed by atoms with Crippen molar-refractivity contribution in [3.63, 3.8) is 0 Å². The first kappa shape index (κ1) is 39.3. The number of benzene rings is 2. The highest BCUT2D eigenvalue weighted by Crippen LogP contribution is 2.35. The van der Waals surface area contributed by atoms with Crippen LogP contribution < -0.4 is 18.9 Å². The minimum Gasteiger partial charge on any atom is -0.493 e. The molecule has 0 fully saturated rings. The van der Waals surface area contributed by atoms with Crippen LogP contribution in [0, 0.1) is 18.8 Å². The van der Waals surface area contributed by atoms with Gasteiger partial charge < -0.3 is 18.9 Å². The molecule has 46 heavy (non-hydrogen) atoms. The summed E-state index contributed by atoms with van der Waals surface area (Å²) in [5.41, 5.74) is 4.19. The lowest BCUT2D eigenvalue weighted by molar-refractivity contribution is 0.226. The Kier molecular flexibility index (Phi) is 20.0. The molecule has 0 saturated heterocycles. The Morgan fingerprint density at radius 3 is 1.37 bits per heavy atom. The minimum absolute atomic E-state index is 0.553. The number of aryl methyl sites for hydroxylation is 1. The van der Waals surface area contributed by atoms with Crippen molar-refractivity contribution in [2.24, 2.45) is 11.8 Å². The van der Waals surface area contributed by atoms with Crippen molar-refractivity contribution in [1.29, 1.82) is 0 Å². The van der Waals surface area contributed by atoms with E-state index in [2.05, 4.69) is 97.0 Å². The van der Waals surface area contributed by atoms with Gasteiger partial charge in [0.25, 0.3) is 0 Å². The Hall–Kier alpha value is -2.88. The van der Waals surface area contributed by atoms with Gasteiger partial charge in [0.05, 0.1) is 26.4 Å². The van der Waals surface area contributed by atoms with Crippen molar-refractivity contribution in [2.45, 2.75) is 132 Å². The van der Waals surface area contributed by atoms with Crippen molar-refractivity contribution in [1.82, 2.24) is 0 Å². The van der Waals surface area contributed by atoms with Gasteiger partial charge in [0.15, 0.2) is 0 Å². The van der Waals surface area contributed by atoms with Crippen molar-refractivity contribution < 1.29 is 18.9 Å². The molecule has 0 radical (unpaired) electrons. The highest BCUT2D eigenvalue weighted by molar-refractivity contribution is 5.78. The molecule has 0 heterocycles. The highest BCUT2D eigenvalue weighted by Gasteiger charge is 2.15. The SMILES string of the molecule is C/C=C/c1cc(OCCCC)c(/C=C/c2cc(OCC(CC)CCCC)c(C)cc2OCC(CC)CCCC)cc1OCCCC. The molecular formula is C42H66O4. The molecule has 0 aliphatic carbocycles. The third-order valence-corrected chi connectivity index (χ3v) is 8.78. The van der Waals surface area contributed by atoms with Gasteiger partial charge in [-0.15, -0.1) is 0 Å². The zero-order valence-corrected chi connectivity index (χ0v) is 30.7. The van der Waals surface area contributed by atoms with Gasteiger partial charge in [-0.05, 0) is 81.2 Å². The van der Waals surface area contributed by atoms with Crippen LogP contribution in [-0.4, -0.2) is 26.4 Å². The lowest BCUT2D eigenvalue weighted by Crippen LogP contribution is -2.13. The Balaban J connectivity index is 2.54. The summed E-state index contributed by atoms with van der Waals surface area (Å²) >= 11 is 0. The minimum atomic E-state index is 0.553. The van der Waals surface area contributed by atoms with E-state index in [0.717, 1.165) is 97.0 Å². The van der Waals surface area contributed by atoms with Crippen LogP contribution in [0.5, 0.6) is 23.0 Å². The summed E-state index contributed by atoms with van der Waals surface area (Å²) in [4.78, 5) is 0. The van der Waals surface area contributed by atoms with E-state index < -0.39 is 0 Å². The average Bonchev–Trinajstić information content (AvgIpc) is 3.06. The molecule has 258 valence electrons. The fourth-order valence-corrected chi connectivity index (χ4v) is 5.41. The number of hydrogen-bond donors (Lipinski definition) is 0. The quantitative estimate of drug-likeness (QED) is 0.0804. The first-order valence-corrected chi connectivity index (χ1v) is 18.6. The number of hydrogen-bond acceptors (Lipinski definition) is 4. The molecule has 0 aliphatic rings. The van der Waals surface area contributed by atoms with Crippen LogP contribution in [0.1, 0.15) is 148 Å². The Morgan fingerprint density at radius 1 is 0.522 bits per heavy atom. The maximum Gasteiger partial charge on any atom is 0.127 e. The van der Waals surface area contributed by atoms with E-state index in [1.807, 2.05) is 6.92 Å². The zero-order chi connectivity index (χ0) is 33.6. The third-order valence-electron chi connectivity index (χ3n) is 8.78. The number of ether oxygens (including phenoxy) is 4. The van der Waals surface area contributed by atoms with Crippen molar-refractivity contribution in [3.8, 4) is 23.0 Å². The van der Waals surface area contributed by atoms with Crippen LogP contribution in [0.4, 0.5) is 0 Å². The molecule has 2 rings (SSSR count). The predicted octanol–water partition coefficient (Wildman–Crippen LogP) is 12.7. The Morgan fingerprint density at radius 2 is 0.935 bits per heavy atom. The van der Waals surface area contributed by atoms with E-state index in [1.165, 1.54) is 38.5 Å². The van der Waals surface area contributed by atoms with Crippen molar-refractivity contribution in [3.05, 3.63) is 52.6 Å². The fourth-order valence-electron chi connectivity index (χ4n) is 5.41. The second kappa shape index (κ2) is 23.4. The molecule has 0 N–H and O–H groups in total. The van der Waals surface area contributed by atoms with Crippen LogP contribution in [0.25, 0.3) is 18.2 Å². The summed E-state index contributed by atoms with van der Waals surface area (Å²) in [6, 6.07) is 8.59. The number of allylic oxidation sites excluding steroid dienone is 1. The molecule has 2 unspecified atom stereocenters. The molecule has 4 nitrogen and oxygen atoms in total. The molecule has 2 atom stereocenters. The lowest BCUT2D eigenvalue weighted by atomic mass is 10.00. The van der Waals surface area contributed by atoms with Gasteiger partial charge in [-0.3, -0.25) is 0 Å². The fraction of sp³-hybridized carbons (Fsp3) is 0.619. The van der Waals surface area contributed by atoms with Crippen LogP contribution in [0.15, 0.2) is 30.3 Å². The van der Waals surface area contributed by atoms with E-state index in [4.69, 9.17) is 18.9 Å². The van der Waals surface area contributed by atoms with Gasteiger partial charge in [0.2, 0.25) is 0 Å². The molecule has 0 amide bonds. The van der Waals surface area contributed by atoms with Gasteiger partial charge in [0.1, 0.15) is 23.0 Å². The first-order valence-electron chi connectivity index (χ1n) is 18.6. The Labute approximate surface area is 283 Å². The monoisotopic (exact) mass is 634 g/mol. The summed E-state index contributed by atoms with van der Waals surface area (Å²) in [5, 5.41) is 0. The topological polar surface area (TPSA) is 36.9 Å². The molecular weight excluding hydrogens is 568 g/mol. The van der Waals surface area contributed by atoms with Crippen molar-refractivity contribution in [2.75, 3.05) is 26.4 Å². The largest absolute Gasteiger partial charge is 0.493 e. The van der Waals surface area contributed by atoms with Crippen LogP contribution in [0.3, 0.4) is 0 Å². The third kappa shape index (κ3) is 13.9. The molecule has 0 saturated carbocycles. The zero-order valence-electron chi connectivity index (χ0n) is 30.7. The van der Waals surface area contributed by atoms with E-state index in [1.54, 1.807) is 0 Å². The van der Waals surface area contributed by atoms with Crippen LogP contribution >= 0.6 is 0 Å². The van der Waals surface area contributed by atoms with Gasteiger partial charge >= 0.3 is 0 Å². The van der Waals surface area contributed by atoms with E-state index in [9.17, 15) is 0 Å². The van der Waals surface area contributed by atoms with Gasteiger partial charge in [-0.2, -0.15) is 0 Å². The smallest absolute Gasteiger partial charge is 0.127 e. The summed E-state index contributed by atoms with van der Waals surface area (Å²) in [7, 11) is 0. The summed E-state index contributed by atoms with van der Waals surface area (Å²) in [6.45, 7) is 20.5. The Bertz CT molecular complexity index is 1160. The van der Waals surface area contributed by atoms with E-state index >= 15 is 0 Å². The average molecular weight is 635 g/mol. The van der Waals surface area contributed by atoms with Crippen LogP contribution in [-0.2, 0) is 0 Å². The van der Waals surface area contributed by atoms with Crippen LogP contribution in [0.2, 0.25) is 0 Å². The number of rotatable bonds is 25. The number of unbranched alkanes of at least 4 members (excludes halogenated alkanes) is 4. The predicted molar refractivity (Wildman–Crippen MR) is 200 cm³/mol. The molecule has 4 heteroatoms. The maximum atomic E-state index is 6.59. The maximum absolute atomic E-state index is 6.59. The van der Waals surface area contributed by atoms with Gasteiger partial charge in [0, 0.05) is 16.7 Å². The summed E-state index contributed by atoms with van der Waals surface area (Å²) in [5.74, 6) is 4.73. The normalized spacial score (nSPS) is 13.0. The van der Waals surface area contributed by atoms with Gasteiger partial charge in [-0.1, -0.05) is 117 Å². The summed E-state index contributed by atoms with van der Waals surface area (Å²) in [6.07, 6.45) is 22.3. The van der Waals surface area contributed by atoms with Gasteiger partial charge in [-0.25, -0.2) is 0 Å². The molecule has 0 spiro atoms. The summed E-state index contributed by atoms with van der Waals surface area (Å²) < 4.78 is 25.7. The van der Waals surface area contributed by atoms with E-state index in [-0.39, 0.29) is 0 Å². The molecule has 0 bridgehead atoms. The standard InChI is InChI=1S/C42H66O4/c1-9-16-21-34(14-6)31-45-39-28-37(40(27-33(39)8)46-32-35(15-7)22-17-10-2)23-24-38-30-41(43-25-18-11-3)36(20-13-5)29-42(38)44-26-19-12-4/h13,20,23-24,27-30,34-35H,9-12,14-19,21-22,25-26,31-32H2,1-8H3/b20-13+,24-23+. The molecule has 2 aromatic rings. The second-order valence-electron chi connectivity index (χ2n) is 12.8. The molecule has 0 aromatic heterocycles. The lowest BCUT2D eigenvalue weighted by Gasteiger charge is -2.20. The van der Waals surface area contributed by atoms with E-state index in [0.29, 0.717) is 25.0 Å². The van der Waals surface area contributed by atoms with Crippen molar-refractivity contribution >= 4 is 18.2 Å². The second-order valence-corrected chi connectivity index (χ2v) is 12.8. The molecule has 0 aliphatic heterocycles. The molecule has 2 aromatic carbocycles.